The van der Waals surface area contributed by atoms with Gasteiger partial charge in [-0.2, -0.15) is 0 Å². The van der Waals surface area contributed by atoms with Crippen LogP contribution in [0.4, 0.5) is 8.78 Å². The topological polar surface area (TPSA) is 9.23 Å². The van der Waals surface area contributed by atoms with E-state index in [0.29, 0.717) is 6.61 Å². The Labute approximate surface area is 122 Å². The van der Waals surface area contributed by atoms with Crippen molar-refractivity contribution in [2.24, 2.45) is 5.41 Å². The maximum absolute atomic E-state index is 13.5. The van der Waals surface area contributed by atoms with Gasteiger partial charge in [-0.05, 0) is 25.0 Å². The Kier molecular flexibility index (Phi) is 6.76. The zero-order chi connectivity index (χ0) is 14.3. The molecule has 0 fully saturated rings. The van der Waals surface area contributed by atoms with Gasteiger partial charge in [0, 0.05) is 16.8 Å². The van der Waals surface area contributed by atoms with Crippen LogP contribution in [0.2, 0.25) is 0 Å². The SMILES string of the molecule is CCCC(CBr)(CCC)COc1cc(F)ccc1F. The monoisotopic (exact) mass is 334 g/mol. The van der Waals surface area contributed by atoms with Crippen LogP contribution < -0.4 is 4.74 Å². The number of benzene rings is 1. The second-order valence-electron chi connectivity index (χ2n) is 5.00. The Morgan fingerprint density at radius 1 is 1.16 bits per heavy atom. The first-order valence-corrected chi connectivity index (χ1v) is 7.83. The van der Waals surface area contributed by atoms with Gasteiger partial charge in [-0.15, -0.1) is 0 Å². The third-order valence-corrected chi connectivity index (χ3v) is 4.46. The highest BCUT2D eigenvalue weighted by Crippen LogP contribution is 2.33. The predicted octanol–water partition coefficient (Wildman–Crippen LogP) is 5.33. The Hall–Kier alpha value is -0.640. The summed E-state index contributed by atoms with van der Waals surface area (Å²) in [5.41, 5.74) is -0.0116. The summed E-state index contributed by atoms with van der Waals surface area (Å²) < 4.78 is 32.1. The number of hydrogen-bond acceptors (Lipinski definition) is 1. The lowest BCUT2D eigenvalue weighted by molar-refractivity contribution is 0.140. The summed E-state index contributed by atoms with van der Waals surface area (Å²) in [5.74, 6) is -0.998. The lowest BCUT2D eigenvalue weighted by atomic mass is 9.82. The van der Waals surface area contributed by atoms with E-state index in [-0.39, 0.29) is 11.2 Å². The van der Waals surface area contributed by atoms with Crippen molar-refractivity contribution in [2.45, 2.75) is 39.5 Å². The summed E-state index contributed by atoms with van der Waals surface area (Å²) in [6.45, 7) is 4.64. The largest absolute Gasteiger partial charge is 0.490 e. The molecule has 0 aromatic heterocycles. The maximum Gasteiger partial charge on any atom is 0.165 e. The molecule has 1 nitrogen and oxygen atoms in total. The molecule has 0 amide bonds. The fraction of sp³-hybridized carbons (Fsp3) is 0.600. The molecule has 1 aromatic rings. The molecule has 0 N–H and O–H groups in total. The number of alkyl halides is 1. The molecular weight excluding hydrogens is 314 g/mol. The molecule has 0 aliphatic rings. The minimum absolute atomic E-state index is 0.00229. The summed E-state index contributed by atoms with van der Waals surface area (Å²) in [7, 11) is 0. The summed E-state index contributed by atoms with van der Waals surface area (Å²) in [6, 6.07) is 3.30. The zero-order valence-corrected chi connectivity index (χ0v) is 13.1. The molecule has 0 heterocycles. The van der Waals surface area contributed by atoms with Gasteiger partial charge in [0.15, 0.2) is 11.6 Å². The molecule has 0 aliphatic carbocycles. The van der Waals surface area contributed by atoms with Crippen molar-refractivity contribution < 1.29 is 13.5 Å². The van der Waals surface area contributed by atoms with Crippen LogP contribution in [0.25, 0.3) is 0 Å². The van der Waals surface area contributed by atoms with Gasteiger partial charge in [-0.3, -0.25) is 0 Å². The molecule has 0 spiro atoms. The van der Waals surface area contributed by atoms with Crippen LogP contribution in [0.3, 0.4) is 0 Å². The first kappa shape index (κ1) is 16.4. The van der Waals surface area contributed by atoms with E-state index in [1.54, 1.807) is 0 Å². The van der Waals surface area contributed by atoms with Crippen LogP contribution in [0.15, 0.2) is 18.2 Å². The van der Waals surface area contributed by atoms with Crippen molar-refractivity contribution in [2.75, 3.05) is 11.9 Å². The molecule has 4 heteroatoms. The lowest BCUT2D eigenvalue weighted by Gasteiger charge is -2.31. The number of halogens is 3. The normalized spacial score (nSPS) is 11.6. The Morgan fingerprint density at radius 3 is 2.32 bits per heavy atom. The van der Waals surface area contributed by atoms with Gasteiger partial charge >= 0.3 is 0 Å². The highest BCUT2D eigenvalue weighted by molar-refractivity contribution is 9.09. The second kappa shape index (κ2) is 7.83. The smallest absolute Gasteiger partial charge is 0.165 e. The van der Waals surface area contributed by atoms with Crippen LogP contribution in [-0.4, -0.2) is 11.9 Å². The Morgan fingerprint density at radius 2 is 1.79 bits per heavy atom. The lowest BCUT2D eigenvalue weighted by Crippen LogP contribution is -2.30. The molecule has 0 bridgehead atoms. The average Bonchev–Trinajstić information content (AvgIpc) is 2.40. The number of rotatable bonds is 8. The highest BCUT2D eigenvalue weighted by atomic mass is 79.9. The summed E-state index contributed by atoms with van der Waals surface area (Å²) in [6.07, 6.45) is 4.09. The van der Waals surface area contributed by atoms with E-state index in [4.69, 9.17) is 4.74 Å². The van der Waals surface area contributed by atoms with Crippen LogP contribution in [0.5, 0.6) is 5.75 Å². The standard InChI is InChI=1S/C15H21BrF2O/c1-3-7-15(10-16,8-4-2)11-19-14-9-12(17)5-6-13(14)18/h5-6,9H,3-4,7-8,10-11H2,1-2H3. The van der Waals surface area contributed by atoms with Gasteiger partial charge in [-0.1, -0.05) is 42.6 Å². The van der Waals surface area contributed by atoms with E-state index < -0.39 is 11.6 Å². The fourth-order valence-electron chi connectivity index (χ4n) is 2.32. The van der Waals surface area contributed by atoms with E-state index >= 15 is 0 Å². The third-order valence-electron chi connectivity index (χ3n) is 3.27. The van der Waals surface area contributed by atoms with Crippen LogP contribution in [0, 0.1) is 17.0 Å². The minimum atomic E-state index is -0.516. The third kappa shape index (κ3) is 4.75. The molecule has 0 atom stereocenters. The molecule has 0 saturated heterocycles. The highest BCUT2D eigenvalue weighted by Gasteiger charge is 2.28. The maximum atomic E-state index is 13.5. The van der Waals surface area contributed by atoms with Crippen molar-refractivity contribution in [1.29, 1.82) is 0 Å². The molecule has 1 rings (SSSR count). The Bertz CT molecular complexity index is 390. The molecule has 0 saturated carbocycles. The van der Waals surface area contributed by atoms with Crippen molar-refractivity contribution in [3.8, 4) is 5.75 Å². The zero-order valence-electron chi connectivity index (χ0n) is 11.5. The predicted molar refractivity (Wildman–Crippen MR) is 77.9 cm³/mol. The van der Waals surface area contributed by atoms with Gasteiger partial charge in [0.25, 0.3) is 0 Å². The van der Waals surface area contributed by atoms with Crippen molar-refractivity contribution in [1.82, 2.24) is 0 Å². The van der Waals surface area contributed by atoms with E-state index in [0.717, 1.165) is 49.2 Å². The van der Waals surface area contributed by atoms with Crippen LogP contribution in [-0.2, 0) is 0 Å². The second-order valence-corrected chi connectivity index (χ2v) is 5.56. The summed E-state index contributed by atoms with van der Waals surface area (Å²) >= 11 is 3.53. The van der Waals surface area contributed by atoms with E-state index in [9.17, 15) is 8.78 Å². The average molecular weight is 335 g/mol. The number of ether oxygens (including phenoxy) is 1. The van der Waals surface area contributed by atoms with E-state index in [1.807, 2.05) is 0 Å². The van der Waals surface area contributed by atoms with Gasteiger partial charge in [0.05, 0.1) is 6.61 Å². The van der Waals surface area contributed by atoms with Crippen molar-refractivity contribution in [3.63, 3.8) is 0 Å². The fourth-order valence-corrected chi connectivity index (χ4v) is 3.04. The molecular formula is C15H21BrF2O. The van der Waals surface area contributed by atoms with Gasteiger partial charge in [0.2, 0.25) is 0 Å². The molecule has 108 valence electrons. The van der Waals surface area contributed by atoms with Crippen molar-refractivity contribution >= 4 is 15.9 Å². The first-order chi connectivity index (χ1) is 9.06. The van der Waals surface area contributed by atoms with Gasteiger partial charge < -0.3 is 4.74 Å². The summed E-state index contributed by atoms with van der Waals surface area (Å²) in [5, 5.41) is 0.804. The van der Waals surface area contributed by atoms with Crippen LogP contribution >= 0.6 is 15.9 Å². The number of hydrogen-bond donors (Lipinski definition) is 0. The first-order valence-electron chi connectivity index (χ1n) is 6.70. The van der Waals surface area contributed by atoms with Gasteiger partial charge in [-0.25, -0.2) is 8.78 Å². The van der Waals surface area contributed by atoms with E-state index in [1.165, 1.54) is 0 Å². The molecule has 1 aromatic carbocycles. The molecule has 0 unspecified atom stereocenters. The summed E-state index contributed by atoms with van der Waals surface area (Å²) in [4.78, 5) is 0. The molecule has 0 aliphatic heterocycles. The quantitative estimate of drug-likeness (QED) is 0.584. The van der Waals surface area contributed by atoms with E-state index in [2.05, 4.69) is 29.8 Å². The minimum Gasteiger partial charge on any atom is -0.490 e. The van der Waals surface area contributed by atoms with Crippen LogP contribution in [0.1, 0.15) is 39.5 Å². The van der Waals surface area contributed by atoms with Crippen molar-refractivity contribution in [3.05, 3.63) is 29.8 Å². The van der Waals surface area contributed by atoms with Gasteiger partial charge in [0.1, 0.15) is 5.82 Å². The Balaban J connectivity index is 2.77. The molecule has 0 radical (unpaired) electrons. The molecule has 19 heavy (non-hydrogen) atoms.